The van der Waals surface area contributed by atoms with Gasteiger partial charge in [0, 0.05) is 29.9 Å². The Morgan fingerprint density at radius 3 is 2.71 bits per heavy atom. The van der Waals surface area contributed by atoms with Crippen LogP contribution in [0.25, 0.3) is 0 Å². The largest absolute Gasteiger partial charge is 0.326 e. The molecule has 1 fully saturated rings. The molecular formula is C11H18N2O2S2. The van der Waals surface area contributed by atoms with E-state index in [1.165, 1.54) is 11.3 Å². The third-order valence-electron chi connectivity index (χ3n) is 3.11. The highest BCUT2D eigenvalue weighted by atomic mass is 32.2. The molecule has 17 heavy (non-hydrogen) atoms. The Bertz CT molecular complexity index is 505. The molecular weight excluding hydrogens is 256 g/mol. The lowest BCUT2D eigenvalue weighted by molar-refractivity contribution is 0.375. The molecule has 6 heteroatoms. The Hall–Kier alpha value is -0.430. The molecule has 0 amide bonds. The molecule has 1 aromatic heterocycles. The summed E-state index contributed by atoms with van der Waals surface area (Å²) in [5.41, 5.74) is 5.59. The summed E-state index contributed by atoms with van der Waals surface area (Å²) in [6.07, 6.45) is 0.917. The molecule has 0 spiro atoms. The van der Waals surface area contributed by atoms with E-state index in [0.29, 0.717) is 24.5 Å². The highest BCUT2D eigenvalue weighted by Crippen LogP contribution is 2.33. The van der Waals surface area contributed by atoms with Crippen molar-refractivity contribution in [1.29, 1.82) is 0 Å². The number of nitrogens with zero attached hydrogens (tertiary/aromatic N) is 1. The van der Waals surface area contributed by atoms with Crippen molar-refractivity contribution >= 4 is 21.4 Å². The second kappa shape index (κ2) is 4.35. The standard InChI is InChI=1S/C11H18N2O2S2/c1-11(2)3-4-13(8-11)17(14,15)10-5-9(6-12)16-7-10/h5,7H,3-4,6,8,12H2,1-2H3. The SMILES string of the molecule is CC1(C)CCN(S(=O)(=O)c2csc(CN)c2)C1. The van der Waals surface area contributed by atoms with Crippen LogP contribution in [-0.4, -0.2) is 25.8 Å². The molecule has 1 aliphatic heterocycles. The molecule has 0 aliphatic carbocycles. The summed E-state index contributed by atoms with van der Waals surface area (Å²) in [4.78, 5) is 1.29. The maximum atomic E-state index is 12.3. The van der Waals surface area contributed by atoms with Crippen molar-refractivity contribution in [1.82, 2.24) is 4.31 Å². The van der Waals surface area contributed by atoms with Gasteiger partial charge in [0.25, 0.3) is 0 Å². The van der Waals surface area contributed by atoms with E-state index in [4.69, 9.17) is 5.73 Å². The molecule has 2 heterocycles. The Morgan fingerprint density at radius 1 is 1.53 bits per heavy atom. The van der Waals surface area contributed by atoms with Gasteiger partial charge >= 0.3 is 0 Å². The Labute approximate surface area is 106 Å². The predicted molar refractivity (Wildman–Crippen MR) is 69.4 cm³/mol. The zero-order chi connectivity index (χ0) is 12.7. The lowest BCUT2D eigenvalue weighted by Gasteiger charge is -2.19. The summed E-state index contributed by atoms with van der Waals surface area (Å²) in [5.74, 6) is 0. The van der Waals surface area contributed by atoms with Crippen molar-refractivity contribution in [3.8, 4) is 0 Å². The van der Waals surface area contributed by atoms with Crippen LogP contribution >= 0.6 is 11.3 Å². The second-order valence-corrected chi connectivity index (χ2v) is 8.14. The Morgan fingerprint density at radius 2 is 2.24 bits per heavy atom. The van der Waals surface area contributed by atoms with E-state index in [9.17, 15) is 8.42 Å². The average Bonchev–Trinajstić information content (AvgIpc) is 2.84. The first kappa shape index (κ1) is 13.0. The van der Waals surface area contributed by atoms with Crippen LogP contribution in [0.3, 0.4) is 0 Å². The highest BCUT2D eigenvalue weighted by molar-refractivity contribution is 7.89. The third-order valence-corrected chi connectivity index (χ3v) is 6.04. The minimum absolute atomic E-state index is 0.0831. The predicted octanol–water partition coefficient (Wildman–Crippen LogP) is 1.63. The van der Waals surface area contributed by atoms with Crippen molar-refractivity contribution in [2.45, 2.75) is 31.7 Å². The van der Waals surface area contributed by atoms with Crippen molar-refractivity contribution in [3.05, 3.63) is 16.3 Å². The summed E-state index contributed by atoms with van der Waals surface area (Å²) in [6, 6.07) is 1.69. The summed E-state index contributed by atoms with van der Waals surface area (Å²) in [5, 5.41) is 1.68. The van der Waals surface area contributed by atoms with Crippen LogP contribution < -0.4 is 5.73 Å². The molecule has 0 aromatic carbocycles. The fourth-order valence-corrected chi connectivity index (χ4v) is 4.79. The molecule has 1 aromatic rings. The molecule has 1 saturated heterocycles. The van der Waals surface area contributed by atoms with Gasteiger partial charge in [-0.1, -0.05) is 13.8 Å². The maximum absolute atomic E-state index is 12.3. The van der Waals surface area contributed by atoms with Gasteiger partial charge in [-0.05, 0) is 17.9 Å². The number of sulfonamides is 1. The normalized spacial score (nSPS) is 20.9. The molecule has 0 radical (unpaired) electrons. The van der Waals surface area contributed by atoms with Gasteiger partial charge in [0.15, 0.2) is 0 Å². The molecule has 0 saturated carbocycles. The van der Waals surface area contributed by atoms with Gasteiger partial charge in [0.1, 0.15) is 0 Å². The van der Waals surface area contributed by atoms with E-state index in [-0.39, 0.29) is 5.41 Å². The molecule has 0 atom stereocenters. The van der Waals surface area contributed by atoms with Gasteiger partial charge in [-0.3, -0.25) is 0 Å². The van der Waals surface area contributed by atoms with Crippen LogP contribution in [0.5, 0.6) is 0 Å². The van der Waals surface area contributed by atoms with Gasteiger partial charge in [0.2, 0.25) is 10.0 Å². The fourth-order valence-electron chi connectivity index (χ4n) is 2.02. The average molecular weight is 274 g/mol. The molecule has 4 nitrogen and oxygen atoms in total. The smallest absolute Gasteiger partial charge is 0.243 e. The quantitative estimate of drug-likeness (QED) is 0.911. The zero-order valence-corrected chi connectivity index (χ0v) is 11.8. The Kier molecular flexibility index (Phi) is 3.33. The lowest BCUT2D eigenvalue weighted by Crippen LogP contribution is -2.30. The monoisotopic (exact) mass is 274 g/mol. The van der Waals surface area contributed by atoms with Crippen LogP contribution in [-0.2, 0) is 16.6 Å². The molecule has 96 valence electrons. The zero-order valence-electron chi connectivity index (χ0n) is 10.1. The minimum Gasteiger partial charge on any atom is -0.326 e. The van der Waals surface area contributed by atoms with Crippen LogP contribution in [0.2, 0.25) is 0 Å². The molecule has 2 rings (SSSR count). The summed E-state index contributed by atoms with van der Waals surface area (Å²) in [6.45, 7) is 5.81. The number of nitrogens with two attached hydrogens (primary N) is 1. The van der Waals surface area contributed by atoms with Crippen LogP contribution in [0.4, 0.5) is 0 Å². The summed E-state index contributed by atoms with van der Waals surface area (Å²) >= 11 is 1.40. The highest BCUT2D eigenvalue weighted by Gasteiger charge is 2.37. The van der Waals surface area contributed by atoms with E-state index in [2.05, 4.69) is 13.8 Å². The first-order valence-corrected chi connectivity index (χ1v) is 7.95. The third kappa shape index (κ3) is 2.54. The molecule has 0 bridgehead atoms. The number of hydrogen-bond donors (Lipinski definition) is 1. The van der Waals surface area contributed by atoms with E-state index >= 15 is 0 Å². The van der Waals surface area contributed by atoms with Crippen LogP contribution in [0, 0.1) is 5.41 Å². The van der Waals surface area contributed by atoms with Crippen LogP contribution in [0.1, 0.15) is 25.1 Å². The van der Waals surface area contributed by atoms with Gasteiger partial charge in [0.05, 0.1) is 4.90 Å². The fraction of sp³-hybridized carbons (Fsp3) is 0.636. The van der Waals surface area contributed by atoms with Gasteiger partial charge in [-0.25, -0.2) is 8.42 Å². The first-order chi connectivity index (χ1) is 7.85. The number of hydrogen-bond acceptors (Lipinski definition) is 4. The number of rotatable bonds is 3. The topological polar surface area (TPSA) is 63.4 Å². The summed E-state index contributed by atoms with van der Waals surface area (Å²) in [7, 11) is -3.31. The molecule has 0 unspecified atom stereocenters. The second-order valence-electron chi connectivity index (χ2n) is 5.21. The first-order valence-electron chi connectivity index (χ1n) is 5.63. The molecule has 1 aliphatic rings. The van der Waals surface area contributed by atoms with E-state index in [1.54, 1.807) is 15.8 Å². The Balaban J connectivity index is 2.25. The van der Waals surface area contributed by atoms with Gasteiger partial charge in [-0.15, -0.1) is 11.3 Å². The van der Waals surface area contributed by atoms with Gasteiger partial charge in [-0.2, -0.15) is 4.31 Å². The van der Waals surface area contributed by atoms with Crippen molar-refractivity contribution in [2.75, 3.05) is 13.1 Å². The number of thiophene rings is 1. The summed E-state index contributed by atoms with van der Waals surface area (Å²) < 4.78 is 26.3. The van der Waals surface area contributed by atoms with Crippen molar-refractivity contribution in [2.24, 2.45) is 11.1 Å². The maximum Gasteiger partial charge on any atom is 0.243 e. The molecule has 2 N–H and O–H groups in total. The van der Waals surface area contributed by atoms with Crippen LogP contribution in [0.15, 0.2) is 16.3 Å². The van der Waals surface area contributed by atoms with Crippen molar-refractivity contribution in [3.63, 3.8) is 0 Å². The van der Waals surface area contributed by atoms with Gasteiger partial charge < -0.3 is 5.73 Å². The van der Waals surface area contributed by atoms with E-state index in [1.807, 2.05) is 0 Å². The minimum atomic E-state index is -3.31. The van der Waals surface area contributed by atoms with E-state index < -0.39 is 10.0 Å². The van der Waals surface area contributed by atoms with Crippen molar-refractivity contribution < 1.29 is 8.42 Å². The van der Waals surface area contributed by atoms with E-state index in [0.717, 1.165) is 11.3 Å². The lowest BCUT2D eigenvalue weighted by atomic mass is 9.93.